The van der Waals surface area contributed by atoms with Crippen molar-refractivity contribution in [1.82, 2.24) is 19.8 Å². The lowest BCUT2D eigenvalue weighted by molar-refractivity contribution is 0.380. The molecule has 2 aromatic rings. The van der Waals surface area contributed by atoms with E-state index in [9.17, 15) is 8.42 Å². The molecule has 96 valence electrons. The topological polar surface area (TPSA) is 136 Å². The molecule has 0 unspecified atom stereocenters. The molecule has 0 saturated carbocycles. The van der Waals surface area contributed by atoms with Gasteiger partial charge < -0.3 is 4.52 Å². The predicted molar refractivity (Wildman–Crippen MR) is 60.4 cm³/mol. The van der Waals surface area contributed by atoms with Crippen LogP contribution in [0.15, 0.2) is 34.1 Å². The van der Waals surface area contributed by atoms with Crippen LogP contribution in [0.1, 0.15) is 5.76 Å². The molecule has 9 nitrogen and oxygen atoms in total. The zero-order chi connectivity index (χ0) is 13.0. The predicted octanol–water partition coefficient (Wildman–Crippen LogP) is -0.771. The molecule has 2 heterocycles. The fourth-order valence-corrected chi connectivity index (χ4v) is 1.99. The summed E-state index contributed by atoms with van der Waals surface area (Å²) in [5, 5.41) is 3.46. The summed E-state index contributed by atoms with van der Waals surface area (Å²) in [7, 11) is -3.69. The molecule has 0 saturated heterocycles. The van der Waals surface area contributed by atoms with E-state index in [1.54, 1.807) is 6.07 Å². The maximum atomic E-state index is 11.8. The van der Waals surface area contributed by atoms with E-state index < -0.39 is 10.0 Å². The van der Waals surface area contributed by atoms with E-state index in [0.717, 1.165) is 12.4 Å². The Labute approximate surface area is 102 Å². The van der Waals surface area contributed by atoms with E-state index in [1.165, 1.54) is 6.20 Å². The van der Waals surface area contributed by atoms with Gasteiger partial charge in [0, 0.05) is 6.07 Å². The molecule has 0 aliphatic carbocycles. The van der Waals surface area contributed by atoms with Gasteiger partial charge >= 0.3 is 0 Å². The van der Waals surface area contributed by atoms with Gasteiger partial charge in [-0.1, -0.05) is 5.16 Å². The molecule has 0 aromatic carbocycles. The molecular formula is C8H10N6O3S. The number of aromatic nitrogens is 3. The molecular weight excluding hydrogens is 260 g/mol. The van der Waals surface area contributed by atoms with E-state index in [-0.39, 0.29) is 17.4 Å². The van der Waals surface area contributed by atoms with Crippen molar-refractivity contribution in [3.63, 3.8) is 0 Å². The van der Waals surface area contributed by atoms with Gasteiger partial charge in [-0.15, -0.1) is 0 Å². The van der Waals surface area contributed by atoms with Crippen LogP contribution in [0.4, 0.5) is 5.95 Å². The monoisotopic (exact) mass is 270 g/mol. The number of anilines is 1. The van der Waals surface area contributed by atoms with E-state index >= 15 is 0 Å². The lowest BCUT2D eigenvalue weighted by atomic mass is 10.5. The molecule has 10 heteroatoms. The Morgan fingerprint density at radius 2 is 2.06 bits per heavy atom. The van der Waals surface area contributed by atoms with Gasteiger partial charge in [0.05, 0.1) is 25.1 Å². The zero-order valence-electron chi connectivity index (χ0n) is 9.07. The van der Waals surface area contributed by atoms with E-state index in [2.05, 4.69) is 25.3 Å². The zero-order valence-corrected chi connectivity index (χ0v) is 9.88. The van der Waals surface area contributed by atoms with E-state index in [0.29, 0.717) is 5.76 Å². The third-order valence-corrected chi connectivity index (χ3v) is 3.35. The summed E-state index contributed by atoms with van der Waals surface area (Å²) in [6.07, 6.45) is 3.71. The highest BCUT2D eigenvalue weighted by Crippen LogP contribution is 2.07. The highest BCUT2D eigenvalue weighted by atomic mass is 32.2. The lowest BCUT2D eigenvalue weighted by Gasteiger charge is -2.04. The largest absolute Gasteiger partial charge is 0.360 e. The first-order chi connectivity index (χ1) is 8.62. The van der Waals surface area contributed by atoms with Gasteiger partial charge in [-0.2, -0.15) is 0 Å². The molecule has 2 aromatic heterocycles. The second-order valence-electron chi connectivity index (χ2n) is 3.19. The van der Waals surface area contributed by atoms with Crippen LogP contribution in [-0.2, 0) is 16.6 Å². The third-order valence-electron chi connectivity index (χ3n) is 2.00. The number of nitrogens with two attached hydrogens (primary N) is 1. The fraction of sp³-hybridized carbons (Fsp3) is 0.125. The van der Waals surface area contributed by atoms with Crippen molar-refractivity contribution in [2.24, 2.45) is 5.84 Å². The van der Waals surface area contributed by atoms with Crippen LogP contribution < -0.4 is 16.0 Å². The summed E-state index contributed by atoms with van der Waals surface area (Å²) in [5.74, 6) is 5.60. The van der Waals surface area contributed by atoms with Crippen LogP contribution in [0, 0.1) is 0 Å². The molecule has 0 fully saturated rings. The summed E-state index contributed by atoms with van der Waals surface area (Å²) >= 11 is 0. The van der Waals surface area contributed by atoms with Gasteiger partial charge in [-0.25, -0.2) is 29.0 Å². The molecule has 0 amide bonds. The Kier molecular flexibility index (Phi) is 3.50. The molecule has 4 N–H and O–H groups in total. The summed E-state index contributed by atoms with van der Waals surface area (Å²) in [6.45, 7) is -0.000770. The van der Waals surface area contributed by atoms with Crippen molar-refractivity contribution in [2.75, 3.05) is 5.43 Å². The van der Waals surface area contributed by atoms with Crippen molar-refractivity contribution in [1.29, 1.82) is 0 Å². The normalized spacial score (nSPS) is 11.4. The Morgan fingerprint density at radius 3 is 2.61 bits per heavy atom. The van der Waals surface area contributed by atoms with Crippen LogP contribution in [0.2, 0.25) is 0 Å². The Balaban J connectivity index is 2.09. The van der Waals surface area contributed by atoms with E-state index in [1.807, 2.05) is 0 Å². The number of sulfonamides is 1. The number of nitrogens with zero attached hydrogens (tertiary/aromatic N) is 3. The van der Waals surface area contributed by atoms with Crippen LogP contribution in [0.3, 0.4) is 0 Å². The first kappa shape index (κ1) is 12.4. The minimum absolute atomic E-state index is 0.000770. The van der Waals surface area contributed by atoms with Crippen molar-refractivity contribution in [3.8, 4) is 0 Å². The summed E-state index contributed by atoms with van der Waals surface area (Å²) in [4.78, 5) is 7.34. The average molecular weight is 270 g/mol. The van der Waals surface area contributed by atoms with Crippen LogP contribution in [0.25, 0.3) is 0 Å². The second-order valence-corrected chi connectivity index (χ2v) is 4.96. The van der Waals surface area contributed by atoms with Gasteiger partial charge in [0.25, 0.3) is 0 Å². The molecule has 0 atom stereocenters. The molecule has 0 aliphatic heterocycles. The second kappa shape index (κ2) is 5.08. The number of hydrogen-bond donors (Lipinski definition) is 3. The first-order valence-corrected chi connectivity index (χ1v) is 6.28. The smallest absolute Gasteiger partial charge is 0.244 e. The first-order valence-electron chi connectivity index (χ1n) is 4.80. The maximum Gasteiger partial charge on any atom is 0.244 e. The molecule has 18 heavy (non-hydrogen) atoms. The number of nitrogen functional groups attached to an aromatic ring is 1. The molecule has 0 radical (unpaired) electrons. The molecule has 0 bridgehead atoms. The number of hydrazine groups is 1. The van der Waals surface area contributed by atoms with Crippen molar-refractivity contribution in [2.45, 2.75) is 11.4 Å². The average Bonchev–Trinajstić information content (AvgIpc) is 2.90. The SMILES string of the molecule is NNc1ncc(S(=O)(=O)NCc2ccno2)cn1. The number of hydrogen-bond acceptors (Lipinski definition) is 8. The standard InChI is InChI=1S/C8H10N6O3S/c9-14-8-10-4-7(5-11-8)18(15,16)13-3-6-1-2-12-17-6/h1-2,4-5,13H,3,9H2,(H,10,11,14). The third kappa shape index (κ3) is 2.80. The summed E-state index contributed by atoms with van der Waals surface area (Å²) < 4.78 is 30.7. The molecule has 0 aliphatic rings. The van der Waals surface area contributed by atoms with Crippen molar-refractivity contribution < 1.29 is 12.9 Å². The van der Waals surface area contributed by atoms with E-state index in [4.69, 9.17) is 10.4 Å². The molecule has 2 rings (SSSR count). The Morgan fingerprint density at radius 1 is 1.33 bits per heavy atom. The summed E-state index contributed by atoms with van der Waals surface area (Å²) in [5.41, 5.74) is 2.20. The van der Waals surface area contributed by atoms with Crippen molar-refractivity contribution in [3.05, 3.63) is 30.4 Å². The highest BCUT2D eigenvalue weighted by molar-refractivity contribution is 7.89. The minimum Gasteiger partial charge on any atom is -0.360 e. The summed E-state index contributed by atoms with van der Waals surface area (Å²) in [6, 6.07) is 1.56. The Hall–Kier alpha value is -2.04. The minimum atomic E-state index is -3.69. The highest BCUT2D eigenvalue weighted by Gasteiger charge is 2.15. The van der Waals surface area contributed by atoms with Gasteiger partial charge in [-0.3, -0.25) is 5.43 Å². The quantitative estimate of drug-likeness (QED) is 0.476. The van der Waals surface area contributed by atoms with Gasteiger partial charge in [0.2, 0.25) is 16.0 Å². The van der Waals surface area contributed by atoms with Gasteiger partial charge in [-0.05, 0) is 0 Å². The Bertz CT molecular complexity index is 594. The van der Waals surface area contributed by atoms with Crippen LogP contribution in [-0.4, -0.2) is 23.5 Å². The fourth-order valence-electron chi connectivity index (χ4n) is 1.11. The number of rotatable bonds is 5. The van der Waals surface area contributed by atoms with Crippen LogP contribution in [0.5, 0.6) is 0 Å². The maximum absolute atomic E-state index is 11.8. The number of nitrogens with one attached hydrogen (secondary N) is 2. The lowest BCUT2D eigenvalue weighted by Crippen LogP contribution is -2.23. The van der Waals surface area contributed by atoms with Crippen LogP contribution >= 0.6 is 0 Å². The molecule has 0 spiro atoms. The van der Waals surface area contributed by atoms with Gasteiger partial charge in [0.1, 0.15) is 4.90 Å². The van der Waals surface area contributed by atoms with Gasteiger partial charge in [0.15, 0.2) is 5.76 Å². The van der Waals surface area contributed by atoms with Crippen molar-refractivity contribution >= 4 is 16.0 Å².